The maximum atomic E-state index is 13.1. The van der Waals surface area contributed by atoms with E-state index in [1.807, 2.05) is 29.2 Å². The fraction of sp³-hybridized carbons (Fsp3) is 0.333. The summed E-state index contributed by atoms with van der Waals surface area (Å²) in [5.74, 6) is 0.754. The molecule has 1 unspecified atom stereocenters. The number of ether oxygens (including phenoxy) is 2. The minimum absolute atomic E-state index is 0.0508. The molecule has 0 N–H and O–H groups in total. The number of carbonyl (C=O) groups is 1. The van der Waals surface area contributed by atoms with E-state index in [9.17, 15) is 9.59 Å². The van der Waals surface area contributed by atoms with Crippen molar-refractivity contribution in [2.24, 2.45) is 0 Å². The molecule has 0 saturated carbocycles. The lowest BCUT2D eigenvalue weighted by atomic mass is 10.0. The Morgan fingerprint density at radius 2 is 2.00 bits per heavy atom. The highest BCUT2D eigenvalue weighted by molar-refractivity contribution is 5.80. The lowest BCUT2D eigenvalue weighted by Crippen LogP contribution is -2.35. The molecule has 1 saturated heterocycles. The summed E-state index contributed by atoms with van der Waals surface area (Å²) >= 11 is 0. The van der Waals surface area contributed by atoms with Gasteiger partial charge in [-0.1, -0.05) is 12.1 Å². The van der Waals surface area contributed by atoms with Gasteiger partial charge in [-0.2, -0.15) is 0 Å². The number of amides is 1. The number of rotatable bonds is 5. The quantitative estimate of drug-likeness (QED) is 0.678. The predicted molar refractivity (Wildman–Crippen MR) is 104 cm³/mol. The molecule has 0 aliphatic carbocycles. The molecule has 1 fully saturated rings. The smallest absolute Gasteiger partial charge is 0.420 e. The third-order valence-electron chi connectivity index (χ3n) is 5.24. The molecule has 7 nitrogen and oxygen atoms in total. The monoisotopic (exact) mass is 382 g/mol. The Morgan fingerprint density at radius 1 is 1.18 bits per heavy atom. The van der Waals surface area contributed by atoms with Gasteiger partial charge in [-0.15, -0.1) is 0 Å². The number of oxazole rings is 1. The van der Waals surface area contributed by atoms with Crippen LogP contribution in [0.25, 0.3) is 11.1 Å². The van der Waals surface area contributed by atoms with Crippen molar-refractivity contribution >= 4 is 17.0 Å². The fourth-order valence-electron chi connectivity index (χ4n) is 3.87. The van der Waals surface area contributed by atoms with Crippen LogP contribution < -0.4 is 15.2 Å². The average Bonchev–Trinajstić information content (AvgIpc) is 3.32. The number of benzene rings is 2. The van der Waals surface area contributed by atoms with Crippen LogP contribution in [-0.4, -0.2) is 36.1 Å². The zero-order valence-electron chi connectivity index (χ0n) is 15.9. The Kier molecular flexibility index (Phi) is 4.81. The molecule has 2 aromatic carbocycles. The van der Waals surface area contributed by atoms with Crippen molar-refractivity contribution in [2.45, 2.75) is 25.4 Å². The van der Waals surface area contributed by atoms with Gasteiger partial charge in [0, 0.05) is 18.2 Å². The highest BCUT2D eigenvalue weighted by Gasteiger charge is 2.32. The molecule has 0 radical (unpaired) electrons. The fourth-order valence-corrected chi connectivity index (χ4v) is 3.87. The highest BCUT2D eigenvalue weighted by Crippen LogP contribution is 2.38. The maximum Gasteiger partial charge on any atom is 0.420 e. The molecule has 2 heterocycles. The Bertz CT molecular complexity index is 1070. The predicted octanol–water partition coefficient (Wildman–Crippen LogP) is 2.98. The minimum Gasteiger partial charge on any atom is -0.497 e. The summed E-state index contributed by atoms with van der Waals surface area (Å²) in [5.41, 5.74) is 2.05. The van der Waals surface area contributed by atoms with Crippen LogP contribution in [0, 0.1) is 0 Å². The Balaban J connectivity index is 1.62. The molecule has 1 aromatic heterocycles. The first-order valence-corrected chi connectivity index (χ1v) is 9.22. The lowest BCUT2D eigenvalue weighted by Gasteiger charge is -2.26. The molecule has 146 valence electrons. The summed E-state index contributed by atoms with van der Waals surface area (Å²) in [6.45, 7) is 0.591. The van der Waals surface area contributed by atoms with Crippen molar-refractivity contribution in [1.82, 2.24) is 9.47 Å². The van der Waals surface area contributed by atoms with E-state index in [0.717, 1.165) is 18.4 Å². The van der Waals surface area contributed by atoms with E-state index in [-0.39, 0.29) is 18.5 Å². The van der Waals surface area contributed by atoms with E-state index in [2.05, 4.69) is 0 Å². The zero-order valence-corrected chi connectivity index (χ0v) is 15.9. The molecule has 1 atom stereocenters. The molecule has 7 heteroatoms. The van der Waals surface area contributed by atoms with Crippen LogP contribution in [0.1, 0.15) is 24.4 Å². The molecule has 0 bridgehead atoms. The van der Waals surface area contributed by atoms with Crippen LogP contribution in [0.3, 0.4) is 0 Å². The van der Waals surface area contributed by atoms with Gasteiger partial charge in [0.1, 0.15) is 18.0 Å². The summed E-state index contributed by atoms with van der Waals surface area (Å²) in [4.78, 5) is 27.1. The van der Waals surface area contributed by atoms with Gasteiger partial charge in [-0.25, -0.2) is 4.79 Å². The number of hydrogen-bond donors (Lipinski definition) is 0. The van der Waals surface area contributed by atoms with Crippen molar-refractivity contribution in [1.29, 1.82) is 0 Å². The van der Waals surface area contributed by atoms with Gasteiger partial charge in [0.2, 0.25) is 5.91 Å². The number of methoxy groups -OCH3 is 2. The van der Waals surface area contributed by atoms with Crippen molar-refractivity contribution < 1.29 is 18.7 Å². The van der Waals surface area contributed by atoms with Gasteiger partial charge in [0.25, 0.3) is 0 Å². The molecular weight excluding hydrogens is 360 g/mol. The molecule has 3 aromatic rings. The van der Waals surface area contributed by atoms with Crippen molar-refractivity contribution in [3.05, 3.63) is 58.6 Å². The number of hydrogen-bond acceptors (Lipinski definition) is 5. The van der Waals surface area contributed by atoms with E-state index in [1.165, 1.54) is 4.57 Å². The number of para-hydroxylation sites is 2. The number of nitrogens with zero attached hydrogens (tertiary/aromatic N) is 2. The second-order valence-corrected chi connectivity index (χ2v) is 6.77. The van der Waals surface area contributed by atoms with Crippen LogP contribution >= 0.6 is 0 Å². The largest absolute Gasteiger partial charge is 0.497 e. The van der Waals surface area contributed by atoms with Gasteiger partial charge in [0.05, 0.1) is 25.8 Å². The van der Waals surface area contributed by atoms with Gasteiger partial charge in [-0.3, -0.25) is 9.36 Å². The topological polar surface area (TPSA) is 73.9 Å². The van der Waals surface area contributed by atoms with Crippen LogP contribution in [0.5, 0.6) is 11.5 Å². The van der Waals surface area contributed by atoms with E-state index in [0.29, 0.717) is 29.1 Å². The normalized spacial score (nSPS) is 16.5. The Hall–Kier alpha value is -3.22. The highest BCUT2D eigenvalue weighted by atomic mass is 16.5. The zero-order chi connectivity index (χ0) is 19.7. The molecule has 28 heavy (non-hydrogen) atoms. The summed E-state index contributed by atoms with van der Waals surface area (Å²) in [7, 11) is 3.21. The lowest BCUT2D eigenvalue weighted by molar-refractivity contribution is -0.132. The first kappa shape index (κ1) is 18.2. The van der Waals surface area contributed by atoms with E-state index in [4.69, 9.17) is 13.9 Å². The second-order valence-electron chi connectivity index (χ2n) is 6.77. The van der Waals surface area contributed by atoms with Gasteiger partial charge >= 0.3 is 5.76 Å². The van der Waals surface area contributed by atoms with E-state index in [1.54, 1.807) is 32.4 Å². The van der Waals surface area contributed by atoms with Gasteiger partial charge < -0.3 is 18.8 Å². The molecule has 1 aliphatic rings. The average molecular weight is 382 g/mol. The number of carbonyl (C=O) groups excluding carboxylic acids is 1. The van der Waals surface area contributed by atoms with E-state index >= 15 is 0 Å². The standard InChI is InChI=1S/C21H22N2O5/c1-26-14-9-10-15(19(12-14)27-2)16-7-5-11-22(16)20(24)13-23-17-6-3-4-8-18(17)28-21(23)25/h3-4,6,8-10,12,16H,5,7,11,13H2,1-2H3. The number of fused-ring (bicyclic) bond motifs is 1. The van der Waals surface area contributed by atoms with Crippen LogP contribution in [0.4, 0.5) is 0 Å². The third kappa shape index (κ3) is 3.13. The summed E-state index contributed by atoms with van der Waals surface area (Å²) in [6, 6.07) is 12.6. The first-order valence-electron chi connectivity index (χ1n) is 9.22. The molecule has 4 rings (SSSR count). The maximum absolute atomic E-state index is 13.1. The minimum atomic E-state index is -0.521. The van der Waals surface area contributed by atoms with Crippen molar-refractivity contribution in [3.8, 4) is 11.5 Å². The van der Waals surface area contributed by atoms with Crippen molar-refractivity contribution in [2.75, 3.05) is 20.8 Å². The molecular formula is C21H22N2O5. The molecule has 1 aliphatic heterocycles. The second kappa shape index (κ2) is 7.42. The van der Waals surface area contributed by atoms with Crippen LogP contribution in [-0.2, 0) is 11.3 Å². The third-order valence-corrected chi connectivity index (χ3v) is 5.24. The van der Waals surface area contributed by atoms with Crippen molar-refractivity contribution in [3.63, 3.8) is 0 Å². The summed E-state index contributed by atoms with van der Waals surface area (Å²) in [6.07, 6.45) is 1.74. The Labute approximate surface area is 162 Å². The SMILES string of the molecule is COc1ccc(C2CCCN2C(=O)Cn2c(=O)oc3ccccc32)c(OC)c1. The van der Waals surface area contributed by atoms with Gasteiger partial charge in [-0.05, 0) is 37.1 Å². The number of aromatic nitrogens is 1. The van der Waals surface area contributed by atoms with Crippen LogP contribution in [0.2, 0.25) is 0 Å². The molecule has 0 spiro atoms. The van der Waals surface area contributed by atoms with Gasteiger partial charge in [0.15, 0.2) is 5.58 Å². The Morgan fingerprint density at radius 3 is 2.79 bits per heavy atom. The summed E-state index contributed by atoms with van der Waals surface area (Å²) in [5, 5.41) is 0. The number of likely N-dealkylation sites (tertiary alicyclic amines) is 1. The van der Waals surface area contributed by atoms with E-state index < -0.39 is 5.76 Å². The molecule has 1 amide bonds. The first-order chi connectivity index (χ1) is 13.6. The summed E-state index contributed by atoms with van der Waals surface area (Å²) < 4.78 is 17.4. The van der Waals surface area contributed by atoms with Crippen LogP contribution in [0.15, 0.2) is 51.7 Å².